The van der Waals surface area contributed by atoms with Gasteiger partial charge in [-0.1, -0.05) is 24.3 Å². The molecule has 0 spiro atoms. The second-order valence-corrected chi connectivity index (χ2v) is 5.22. The SMILES string of the molecule is O=C1CN=C(Nc2ccccc2)N1Cc1cccs1.[Cl-]. The summed E-state index contributed by atoms with van der Waals surface area (Å²) in [6.07, 6.45) is 0. The maximum atomic E-state index is 11.9. The molecule has 0 aliphatic carbocycles. The van der Waals surface area contributed by atoms with Crippen LogP contribution in [0, 0.1) is 0 Å². The van der Waals surface area contributed by atoms with Crippen molar-refractivity contribution in [3.05, 3.63) is 52.7 Å². The first-order valence-electron chi connectivity index (χ1n) is 6.02. The number of benzene rings is 1. The third kappa shape index (κ3) is 3.18. The minimum atomic E-state index is 0. The number of thiophene rings is 1. The molecule has 1 aromatic carbocycles. The average molecular weight is 307 g/mol. The zero-order valence-corrected chi connectivity index (χ0v) is 12.2. The normalized spacial score (nSPS) is 13.9. The molecular weight excluding hydrogens is 294 g/mol. The van der Waals surface area contributed by atoms with Gasteiger partial charge in [0, 0.05) is 10.6 Å². The van der Waals surface area contributed by atoms with Crippen molar-refractivity contribution in [1.82, 2.24) is 4.90 Å². The number of carbonyl (C=O) groups is 1. The lowest BCUT2D eigenvalue weighted by atomic mass is 10.3. The van der Waals surface area contributed by atoms with Crippen molar-refractivity contribution in [3.8, 4) is 0 Å². The molecule has 0 atom stereocenters. The Hall–Kier alpha value is -1.85. The van der Waals surface area contributed by atoms with Crippen LogP contribution in [0.5, 0.6) is 0 Å². The second-order valence-electron chi connectivity index (χ2n) is 4.19. The molecule has 2 aromatic rings. The van der Waals surface area contributed by atoms with E-state index in [0.29, 0.717) is 12.5 Å². The van der Waals surface area contributed by atoms with Crippen LogP contribution in [0.15, 0.2) is 52.8 Å². The highest BCUT2D eigenvalue weighted by Crippen LogP contribution is 2.16. The lowest BCUT2D eigenvalue weighted by Gasteiger charge is -2.18. The first-order chi connectivity index (χ1) is 9.33. The molecule has 0 saturated heterocycles. The summed E-state index contributed by atoms with van der Waals surface area (Å²) in [6.45, 7) is 0.801. The molecule has 0 radical (unpaired) electrons. The molecule has 1 aliphatic heterocycles. The number of nitrogens with one attached hydrogen (secondary N) is 1. The molecule has 6 heteroatoms. The summed E-state index contributed by atoms with van der Waals surface area (Å²) < 4.78 is 0. The van der Waals surface area contributed by atoms with Crippen LogP contribution in [0.2, 0.25) is 0 Å². The summed E-state index contributed by atoms with van der Waals surface area (Å²) in [7, 11) is 0. The minimum absolute atomic E-state index is 0. The van der Waals surface area contributed by atoms with Gasteiger partial charge in [-0.25, -0.2) is 4.99 Å². The van der Waals surface area contributed by atoms with E-state index in [1.807, 2.05) is 47.8 Å². The van der Waals surface area contributed by atoms with Crippen LogP contribution < -0.4 is 17.7 Å². The van der Waals surface area contributed by atoms with Crippen molar-refractivity contribution in [2.75, 3.05) is 11.9 Å². The molecule has 2 heterocycles. The summed E-state index contributed by atoms with van der Waals surface area (Å²) in [5.74, 6) is 0.663. The zero-order chi connectivity index (χ0) is 13.1. The van der Waals surface area contributed by atoms with Gasteiger partial charge in [-0.15, -0.1) is 11.3 Å². The summed E-state index contributed by atoms with van der Waals surface area (Å²) in [4.78, 5) is 19.0. The number of para-hydroxylation sites is 1. The number of anilines is 1. The van der Waals surface area contributed by atoms with Crippen LogP contribution >= 0.6 is 11.3 Å². The van der Waals surface area contributed by atoms with E-state index in [-0.39, 0.29) is 24.9 Å². The van der Waals surface area contributed by atoms with Gasteiger partial charge in [-0.05, 0) is 23.6 Å². The molecule has 1 aliphatic rings. The van der Waals surface area contributed by atoms with E-state index in [2.05, 4.69) is 10.3 Å². The summed E-state index contributed by atoms with van der Waals surface area (Å²) in [5.41, 5.74) is 0.937. The quantitative estimate of drug-likeness (QED) is 0.836. The Labute approximate surface area is 127 Å². The van der Waals surface area contributed by atoms with Crippen molar-refractivity contribution >= 4 is 28.9 Å². The Balaban J connectivity index is 0.00000147. The highest BCUT2D eigenvalue weighted by molar-refractivity contribution is 7.09. The van der Waals surface area contributed by atoms with Crippen LogP contribution in [0.25, 0.3) is 0 Å². The van der Waals surface area contributed by atoms with E-state index in [1.54, 1.807) is 16.2 Å². The maximum absolute atomic E-state index is 11.9. The largest absolute Gasteiger partial charge is 1.00 e. The van der Waals surface area contributed by atoms with Crippen molar-refractivity contribution in [3.63, 3.8) is 0 Å². The summed E-state index contributed by atoms with van der Waals surface area (Å²) in [6, 6.07) is 13.8. The molecule has 0 saturated carbocycles. The van der Waals surface area contributed by atoms with Crippen LogP contribution in [0.1, 0.15) is 4.88 Å². The van der Waals surface area contributed by atoms with E-state index in [1.165, 1.54) is 0 Å². The van der Waals surface area contributed by atoms with Crippen molar-refractivity contribution in [2.24, 2.45) is 4.99 Å². The number of halogens is 1. The molecular formula is C14H13ClN3OS-. The fraction of sp³-hybridized carbons (Fsp3) is 0.143. The number of aliphatic imine (C=N–C) groups is 1. The van der Waals surface area contributed by atoms with E-state index in [0.717, 1.165) is 10.6 Å². The molecule has 1 aromatic heterocycles. The van der Waals surface area contributed by atoms with Crippen LogP contribution in [-0.2, 0) is 11.3 Å². The molecule has 0 fully saturated rings. The predicted molar refractivity (Wildman–Crippen MR) is 77.2 cm³/mol. The number of nitrogens with zero attached hydrogens (tertiary/aromatic N) is 2. The Morgan fingerprint density at radius 3 is 2.70 bits per heavy atom. The summed E-state index contributed by atoms with van der Waals surface area (Å²) >= 11 is 1.64. The Kier molecular flexibility index (Phi) is 4.76. The third-order valence-electron chi connectivity index (χ3n) is 2.84. The number of hydrogen-bond acceptors (Lipinski definition) is 4. The lowest BCUT2D eigenvalue weighted by Crippen LogP contribution is -3.00. The van der Waals surface area contributed by atoms with Gasteiger partial charge in [0.1, 0.15) is 6.54 Å². The maximum Gasteiger partial charge on any atom is 0.251 e. The van der Waals surface area contributed by atoms with E-state index >= 15 is 0 Å². The van der Waals surface area contributed by atoms with Gasteiger partial charge in [-0.2, -0.15) is 0 Å². The van der Waals surface area contributed by atoms with Gasteiger partial charge < -0.3 is 17.7 Å². The Morgan fingerprint density at radius 2 is 2.00 bits per heavy atom. The van der Waals surface area contributed by atoms with Crippen molar-refractivity contribution in [2.45, 2.75) is 6.54 Å². The molecule has 1 amide bonds. The second kappa shape index (κ2) is 6.54. The Morgan fingerprint density at radius 1 is 1.20 bits per heavy atom. The molecule has 0 bridgehead atoms. The van der Waals surface area contributed by atoms with Crippen LogP contribution in [0.4, 0.5) is 5.69 Å². The van der Waals surface area contributed by atoms with E-state index in [4.69, 9.17) is 0 Å². The van der Waals surface area contributed by atoms with Gasteiger partial charge >= 0.3 is 0 Å². The van der Waals surface area contributed by atoms with Gasteiger partial charge in [-0.3, -0.25) is 9.69 Å². The number of amides is 1. The van der Waals surface area contributed by atoms with Crippen LogP contribution in [-0.4, -0.2) is 23.3 Å². The topological polar surface area (TPSA) is 44.7 Å². The third-order valence-corrected chi connectivity index (χ3v) is 3.71. The van der Waals surface area contributed by atoms with Gasteiger partial charge in [0.05, 0.1) is 6.54 Å². The standard InChI is InChI=1S/C14H13N3OS.ClH/c18-13-9-15-14(16-11-5-2-1-3-6-11)17(13)10-12-7-4-8-19-12;/h1-8H,9-10H2,(H,15,16);1H/p-1. The molecule has 3 rings (SSSR count). The van der Waals surface area contributed by atoms with Crippen molar-refractivity contribution in [1.29, 1.82) is 0 Å². The van der Waals surface area contributed by atoms with Crippen molar-refractivity contribution < 1.29 is 17.2 Å². The average Bonchev–Trinajstić information content (AvgIpc) is 3.05. The highest BCUT2D eigenvalue weighted by Gasteiger charge is 2.25. The van der Waals surface area contributed by atoms with E-state index in [9.17, 15) is 4.79 Å². The minimum Gasteiger partial charge on any atom is -1.00 e. The number of rotatable bonds is 3. The fourth-order valence-electron chi connectivity index (χ4n) is 1.91. The smallest absolute Gasteiger partial charge is 0.251 e. The lowest BCUT2D eigenvalue weighted by molar-refractivity contribution is -0.125. The van der Waals surface area contributed by atoms with Gasteiger partial charge in [0.25, 0.3) is 5.91 Å². The van der Waals surface area contributed by atoms with Crippen LogP contribution in [0.3, 0.4) is 0 Å². The molecule has 104 valence electrons. The Bertz CT molecular complexity index is 598. The van der Waals surface area contributed by atoms with Gasteiger partial charge in [0.15, 0.2) is 0 Å². The number of carbonyl (C=O) groups excluding carboxylic acids is 1. The molecule has 4 nitrogen and oxygen atoms in total. The van der Waals surface area contributed by atoms with Gasteiger partial charge in [0.2, 0.25) is 5.96 Å². The molecule has 1 N–H and O–H groups in total. The number of hydrogen-bond donors (Lipinski definition) is 1. The highest BCUT2D eigenvalue weighted by atomic mass is 35.5. The summed E-state index contributed by atoms with van der Waals surface area (Å²) in [5, 5.41) is 5.20. The first-order valence-corrected chi connectivity index (χ1v) is 6.90. The fourth-order valence-corrected chi connectivity index (χ4v) is 2.60. The predicted octanol–water partition coefficient (Wildman–Crippen LogP) is -0.438. The zero-order valence-electron chi connectivity index (χ0n) is 10.6. The molecule has 0 unspecified atom stereocenters. The molecule has 20 heavy (non-hydrogen) atoms. The number of guanidine groups is 1. The first kappa shape index (κ1) is 14.6. The van der Waals surface area contributed by atoms with E-state index < -0.39 is 0 Å². The monoisotopic (exact) mass is 306 g/mol.